The van der Waals surface area contributed by atoms with E-state index in [2.05, 4.69) is 5.32 Å². The molecule has 116 valence electrons. The third-order valence-electron chi connectivity index (χ3n) is 4.25. The van der Waals surface area contributed by atoms with Gasteiger partial charge in [-0.05, 0) is 32.1 Å². The highest BCUT2D eigenvalue weighted by Gasteiger charge is 2.27. The number of hydrogen-bond acceptors (Lipinski definition) is 4. The first-order valence-electron chi connectivity index (χ1n) is 8.00. The van der Waals surface area contributed by atoms with E-state index in [0.29, 0.717) is 19.8 Å². The molecule has 5 nitrogen and oxygen atoms in total. The van der Waals surface area contributed by atoms with Gasteiger partial charge in [0.2, 0.25) is 5.91 Å². The summed E-state index contributed by atoms with van der Waals surface area (Å²) in [5, 5.41) is 2.98. The van der Waals surface area contributed by atoms with Crippen LogP contribution in [0.2, 0.25) is 0 Å². The van der Waals surface area contributed by atoms with E-state index in [1.165, 1.54) is 0 Å². The van der Waals surface area contributed by atoms with Crippen molar-refractivity contribution < 1.29 is 14.3 Å². The van der Waals surface area contributed by atoms with E-state index in [9.17, 15) is 4.79 Å². The van der Waals surface area contributed by atoms with Crippen LogP contribution in [0.25, 0.3) is 0 Å². The minimum absolute atomic E-state index is 0.0107. The zero-order valence-corrected chi connectivity index (χ0v) is 12.3. The van der Waals surface area contributed by atoms with Gasteiger partial charge in [0.1, 0.15) is 0 Å². The highest BCUT2D eigenvalue weighted by atomic mass is 16.5. The van der Waals surface area contributed by atoms with E-state index in [4.69, 9.17) is 15.2 Å². The predicted molar refractivity (Wildman–Crippen MR) is 77.4 cm³/mol. The van der Waals surface area contributed by atoms with Crippen LogP contribution >= 0.6 is 0 Å². The Morgan fingerprint density at radius 3 is 2.85 bits per heavy atom. The molecule has 1 saturated heterocycles. The molecule has 3 unspecified atom stereocenters. The van der Waals surface area contributed by atoms with Crippen molar-refractivity contribution in [3.63, 3.8) is 0 Å². The van der Waals surface area contributed by atoms with Gasteiger partial charge in [-0.15, -0.1) is 0 Å². The van der Waals surface area contributed by atoms with Gasteiger partial charge < -0.3 is 20.5 Å². The largest absolute Gasteiger partial charge is 0.379 e. The first-order valence-corrected chi connectivity index (χ1v) is 8.00. The number of ether oxygens (including phenoxy) is 2. The van der Waals surface area contributed by atoms with Gasteiger partial charge in [-0.3, -0.25) is 4.79 Å². The molecule has 2 fully saturated rings. The summed E-state index contributed by atoms with van der Waals surface area (Å²) < 4.78 is 11.0. The minimum Gasteiger partial charge on any atom is -0.379 e. The monoisotopic (exact) mass is 284 g/mol. The molecule has 1 amide bonds. The third kappa shape index (κ3) is 5.04. The molecule has 2 rings (SSSR count). The van der Waals surface area contributed by atoms with Gasteiger partial charge in [-0.2, -0.15) is 0 Å². The lowest BCUT2D eigenvalue weighted by Gasteiger charge is -2.27. The normalized spacial score (nSPS) is 30.4. The Hall–Kier alpha value is -0.650. The second-order valence-electron chi connectivity index (χ2n) is 5.91. The number of amides is 1. The molecule has 1 aliphatic heterocycles. The molecule has 1 saturated carbocycles. The van der Waals surface area contributed by atoms with Gasteiger partial charge >= 0.3 is 0 Å². The van der Waals surface area contributed by atoms with Gasteiger partial charge in [0.25, 0.3) is 0 Å². The van der Waals surface area contributed by atoms with Crippen molar-refractivity contribution >= 4 is 5.91 Å². The van der Waals surface area contributed by atoms with Crippen LogP contribution in [0.15, 0.2) is 0 Å². The van der Waals surface area contributed by atoms with Gasteiger partial charge in [0.05, 0.1) is 18.6 Å². The highest BCUT2D eigenvalue weighted by Crippen LogP contribution is 2.22. The SMILES string of the molecule is NC1CCCCC1C(=O)NCCCOCC1CCCO1. The van der Waals surface area contributed by atoms with Gasteiger partial charge in [0, 0.05) is 25.8 Å². The third-order valence-corrected chi connectivity index (χ3v) is 4.25. The van der Waals surface area contributed by atoms with E-state index in [0.717, 1.165) is 51.6 Å². The van der Waals surface area contributed by atoms with Crippen molar-refractivity contribution in [2.24, 2.45) is 11.7 Å². The molecule has 0 bridgehead atoms. The first-order chi connectivity index (χ1) is 9.77. The number of hydrogen-bond donors (Lipinski definition) is 2. The lowest BCUT2D eigenvalue weighted by molar-refractivity contribution is -0.126. The Kier molecular flexibility index (Phi) is 6.76. The molecule has 0 radical (unpaired) electrons. The van der Waals surface area contributed by atoms with Crippen molar-refractivity contribution in [1.82, 2.24) is 5.32 Å². The number of rotatable bonds is 7. The van der Waals surface area contributed by atoms with Crippen LogP contribution in [-0.2, 0) is 14.3 Å². The summed E-state index contributed by atoms with van der Waals surface area (Å²) in [6, 6.07) is 0.0412. The topological polar surface area (TPSA) is 73.6 Å². The minimum atomic E-state index is 0.0107. The number of carbonyl (C=O) groups excluding carboxylic acids is 1. The van der Waals surface area contributed by atoms with Crippen molar-refractivity contribution in [3.8, 4) is 0 Å². The summed E-state index contributed by atoms with van der Waals surface area (Å²) in [6.45, 7) is 2.90. The number of carbonyl (C=O) groups is 1. The molecule has 3 atom stereocenters. The lowest BCUT2D eigenvalue weighted by atomic mass is 9.84. The Morgan fingerprint density at radius 2 is 2.10 bits per heavy atom. The van der Waals surface area contributed by atoms with Crippen molar-refractivity contribution in [1.29, 1.82) is 0 Å². The summed E-state index contributed by atoms with van der Waals surface area (Å²) in [7, 11) is 0. The molecule has 5 heteroatoms. The fourth-order valence-corrected chi connectivity index (χ4v) is 2.99. The number of nitrogens with two attached hydrogens (primary N) is 1. The van der Waals surface area contributed by atoms with Crippen LogP contribution in [0, 0.1) is 5.92 Å². The smallest absolute Gasteiger partial charge is 0.224 e. The maximum Gasteiger partial charge on any atom is 0.224 e. The van der Waals surface area contributed by atoms with E-state index < -0.39 is 0 Å². The van der Waals surface area contributed by atoms with Gasteiger partial charge in [-0.25, -0.2) is 0 Å². The van der Waals surface area contributed by atoms with E-state index in [1.807, 2.05) is 0 Å². The molecular formula is C15H28N2O3. The first kappa shape index (κ1) is 15.7. The average molecular weight is 284 g/mol. The van der Waals surface area contributed by atoms with Crippen LogP contribution in [0.3, 0.4) is 0 Å². The van der Waals surface area contributed by atoms with Crippen molar-refractivity contribution in [3.05, 3.63) is 0 Å². The van der Waals surface area contributed by atoms with E-state index >= 15 is 0 Å². The van der Waals surface area contributed by atoms with E-state index in [1.54, 1.807) is 0 Å². The maximum absolute atomic E-state index is 12.0. The Bertz CT molecular complexity index is 293. The summed E-state index contributed by atoms with van der Waals surface area (Å²) in [5.41, 5.74) is 6.00. The quantitative estimate of drug-likeness (QED) is 0.689. The van der Waals surface area contributed by atoms with Crippen LogP contribution in [0.1, 0.15) is 44.9 Å². The molecule has 1 aliphatic carbocycles. The van der Waals surface area contributed by atoms with Crippen LogP contribution in [0.5, 0.6) is 0 Å². The zero-order valence-electron chi connectivity index (χ0n) is 12.3. The molecule has 0 aromatic rings. The van der Waals surface area contributed by atoms with Gasteiger partial charge in [-0.1, -0.05) is 12.8 Å². The Balaban J connectivity index is 1.48. The van der Waals surface area contributed by atoms with Gasteiger partial charge in [0.15, 0.2) is 0 Å². The highest BCUT2D eigenvalue weighted by molar-refractivity contribution is 5.79. The summed E-state index contributed by atoms with van der Waals surface area (Å²) in [4.78, 5) is 12.0. The van der Waals surface area contributed by atoms with Crippen LogP contribution < -0.4 is 11.1 Å². The standard InChI is InChI=1S/C15H28N2O3/c16-14-7-2-1-6-13(14)15(18)17-8-4-9-19-11-12-5-3-10-20-12/h12-14H,1-11,16H2,(H,17,18). The molecule has 2 aliphatic rings. The average Bonchev–Trinajstić information content (AvgIpc) is 2.96. The Morgan fingerprint density at radius 1 is 1.25 bits per heavy atom. The molecule has 0 aromatic carbocycles. The summed E-state index contributed by atoms with van der Waals surface area (Å²) in [6.07, 6.45) is 7.57. The predicted octanol–water partition coefficient (Wildman–Crippen LogP) is 1.21. The fraction of sp³-hybridized carbons (Fsp3) is 0.933. The Labute approximate surface area is 121 Å². The van der Waals surface area contributed by atoms with Crippen LogP contribution in [0.4, 0.5) is 0 Å². The fourth-order valence-electron chi connectivity index (χ4n) is 2.99. The maximum atomic E-state index is 12.0. The molecule has 3 N–H and O–H groups in total. The summed E-state index contributed by atoms with van der Waals surface area (Å²) in [5.74, 6) is 0.132. The second-order valence-corrected chi connectivity index (χ2v) is 5.91. The molecule has 1 heterocycles. The molecule has 20 heavy (non-hydrogen) atoms. The zero-order chi connectivity index (χ0) is 14.2. The molecular weight excluding hydrogens is 256 g/mol. The molecule has 0 spiro atoms. The van der Waals surface area contributed by atoms with Crippen LogP contribution in [-0.4, -0.2) is 44.4 Å². The van der Waals surface area contributed by atoms with Crippen molar-refractivity contribution in [2.45, 2.75) is 57.1 Å². The molecule has 0 aromatic heterocycles. The summed E-state index contributed by atoms with van der Waals surface area (Å²) >= 11 is 0. The van der Waals surface area contributed by atoms with Crippen molar-refractivity contribution in [2.75, 3.05) is 26.4 Å². The van der Waals surface area contributed by atoms with E-state index in [-0.39, 0.29) is 24.0 Å². The number of nitrogens with one attached hydrogen (secondary N) is 1. The lowest BCUT2D eigenvalue weighted by Crippen LogP contribution is -2.44. The second kappa shape index (κ2) is 8.60.